The molecule has 0 aliphatic heterocycles. The SMILES string of the molecule is Cc1csc(CN)c1S(=O)(=O)NCc1ccn(C)n1. The molecule has 0 aliphatic carbocycles. The minimum absolute atomic E-state index is 0.169. The highest BCUT2D eigenvalue weighted by Crippen LogP contribution is 2.26. The number of nitrogens with one attached hydrogen (secondary N) is 1. The summed E-state index contributed by atoms with van der Waals surface area (Å²) in [5.74, 6) is 0. The summed E-state index contributed by atoms with van der Waals surface area (Å²) in [6.07, 6.45) is 1.77. The first-order valence-electron chi connectivity index (χ1n) is 5.69. The second kappa shape index (κ2) is 5.41. The molecule has 0 unspecified atom stereocenters. The van der Waals surface area contributed by atoms with E-state index in [1.165, 1.54) is 11.3 Å². The molecule has 0 atom stereocenters. The van der Waals surface area contributed by atoms with Gasteiger partial charge in [-0.1, -0.05) is 0 Å². The van der Waals surface area contributed by atoms with Crippen LogP contribution in [-0.2, 0) is 30.2 Å². The lowest BCUT2D eigenvalue weighted by atomic mass is 10.3. The van der Waals surface area contributed by atoms with Crippen LogP contribution in [-0.4, -0.2) is 18.2 Å². The summed E-state index contributed by atoms with van der Waals surface area (Å²) in [6.45, 7) is 2.16. The van der Waals surface area contributed by atoms with Gasteiger partial charge in [-0.3, -0.25) is 4.68 Å². The number of aromatic nitrogens is 2. The van der Waals surface area contributed by atoms with Crippen molar-refractivity contribution < 1.29 is 8.42 Å². The Bertz CT molecular complexity index is 673. The van der Waals surface area contributed by atoms with Gasteiger partial charge in [-0.05, 0) is 23.9 Å². The van der Waals surface area contributed by atoms with Crippen LogP contribution in [0.5, 0.6) is 0 Å². The van der Waals surface area contributed by atoms with Gasteiger partial charge in [0.1, 0.15) is 4.90 Å². The van der Waals surface area contributed by atoms with E-state index in [-0.39, 0.29) is 13.1 Å². The first-order chi connectivity index (χ1) is 8.94. The van der Waals surface area contributed by atoms with Crippen LogP contribution < -0.4 is 10.5 Å². The summed E-state index contributed by atoms with van der Waals surface area (Å²) >= 11 is 1.36. The molecule has 19 heavy (non-hydrogen) atoms. The number of sulfonamides is 1. The number of rotatable bonds is 5. The predicted octanol–water partition coefficient (Wildman–Crippen LogP) is 0.727. The Balaban J connectivity index is 2.20. The van der Waals surface area contributed by atoms with Crippen LogP contribution in [0.3, 0.4) is 0 Å². The molecule has 0 spiro atoms. The Morgan fingerprint density at radius 3 is 2.84 bits per heavy atom. The van der Waals surface area contributed by atoms with Gasteiger partial charge in [0.25, 0.3) is 0 Å². The Labute approximate surface area is 116 Å². The van der Waals surface area contributed by atoms with Crippen LogP contribution in [0.1, 0.15) is 16.1 Å². The summed E-state index contributed by atoms with van der Waals surface area (Å²) < 4.78 is 28.7. The van der Waals surface area contributed by atoms with Crippen molar-refractivity contribution >= 4 is 21.4 Å². The summed E-state index contributed by atoms with van der Waals surface area (Å²) in [5, 5.41) is 5.93. The standard InChI is InChI=1S/C11H16N4O2S2/c1-8-7-18-10(5-12)11(8)19(16,17)13-6-9-3-4-15(2)14-9/h3-4,7,13H,5-6,12H2,1-2H3. The minimum Gasteiger partial charge on any atom is -0.326 e. The van der Waals surface area contributed by atoms with Crippen molar-refractivity contribution in [3.63, 3.8) is 0 Å². The predicted molar refractivity (Wildman–Crippen MR) is 74.2 cm³/mol. The van der Waals surface area contributed by atoms with E-state index < -0.39 is 10.0 Å². The van der Waals surface area contributed by atoms with Gasteiger partial charge in [0.15, 0.2) is 0 Å². The van der Waals surface area contributed by atoms with Crippen LogP contribution in [0.2, 0.25) is 0 Å². The van der Waals surface area contributed by atoms with E-state index in [1.54, 1.807) is 36.3 Å². The van der Waals surface area contributed by atoms with E-state index in [0.29, 0.717) is 15.5 Å². The Morgan fingerprint density at radius 1 is 1.53 bits per heavy atom. The number of nitrogens with zero attached hydrogens (tertiary/aromatic N) is 2. The van der Waals surface area contributed by atoms with Gasteiger partial charge in [-0.2, -0.15) is 5.10 Å². The van der Waals surface area contributed by atoms with Gasteiger partial charge in [-0.25, -0.2) is 13.1 Å². The molecule has 0 aromatic carbocycles. The van der Waals surface area contributed by atoms with Crippen LogP contribution in [0.25, 0.3) is 0 Å². The summed E-state index contributed by atoms with van der Waals surface area (Å²) in [6, 6.07) is 1.77. The topological polar surface area (TPSA) is 90.0 Å². The lowest BCUT2D eigenvalue weighted by Crippen LogP contribution is -2.25. The summed E-state index contributed by atoms with van der Waals surface area (Å²) in [4.78, 5) is 0.974. The lowest BCUT2D eigenvalue weighted by Gasteiger charge is -2.07. The molecule has 0 radical (unpaired) electrons. The molecule has 2 aromatic heterocycles. The quantitative estimate of drug-likeness (QED) is 0.851. The van der Waals surface area contributed by atoms with Gasteiger partial charge >= 0.3 is 0 Å². The van der Waals surface area contributed by atoms with Crippen molar-refractivity contribution in [2.45, 2.75) is 24.9 Å². The molecule has 6 nitrogen and oxygen atoms in total. The molecule has 0 saturated carbocycles. The molecule has 2 aromatic rings. The number of thiophene rings is 1. The van der Waals surface area contributed by atoms with E-state index in [9.17, 15) is 8.42 Å². The highest BCUT2D eigenvalue weighted by Gasteiger charge is 2.22. The van der Waals surface area contributed by atoms with E-state index in [2.05, 4.69) is 9.82 Å². The Kier molecular flexibility index (Phi) is 4.04. The average molecular weight is 300 g/mol. The number of hydrogen-bond acceptors (Lipinski definition) is 5. The molecule has 2 rings (SSSR count). The van der Waals surface area contributed by atoms with E-state index in [4.69, 9.17) is 5.73 Å². The molecular formula is C11H16N4O2S2. The molecule has 104 valence electrons. The van der Waals surface area contributed by atoms with E-state index in [0.717, 1.165) is 5.56 Å². The van der Waals surface area contributed by atoms with Crippen LogP contribution in [0.15, 0.2) is 22.5 Å². The van der Waals surface area contributed by atoms with Crippen LogP contribution in [0, 0.1) is 6.92 Å². The van der Waals surface area contributed by atoms with Crippen LogP contribution in [0.4, 0.5) is 0 Å². The van der Waals surface area contributed by atoms with Crippen LogP contribution >= 0.6 is 11.3 Å². The second-order valence-electron chi connectivity index (χ2n) is 4.18. The maximum Gasteiger partial charge on any atom is 0.242 e. The Hall–Kier alpha value is -1.22. The largest absolute Gasteiger partial charge is 0.326 e. The summed E-state index contributed by atoms with van der Waals surface area (Å²) in [5.41, 5.74) is 6.97. The van der Waals surface area contributed by atoms with Crippen molar-refractivity contribution in [2.24, 2.45) is 12.8 Å². The molecule has 3 N–H and O–H groups in total. The average Bonchev–Trinajstić information content (AvgIpc) is 2.93. The van der Waals surface area contributed by atoms with Crippen molar-refractivity contribution in [3.8, 4) is 0 Å². The third kappa shape index (κ3) is 3.03. The lowest BCUT2D eigenvalue weighted by molar-refractivity contribution is 0.578. The first kappa shape index (κ1) is 14.2. The van der Waals surface area contributed by atoms with Crippen molar-refractivity contribution in [1.29, 1.82) is 0 Å². The van der Waals surface area contributed by atoms with Crippen molar-refractivity contribution in [2.75, 3.05) is 0 Å². The fourth-order valence-electron chi connectivity index (χ4n) is 1.79. The van der Waals surface area contributed by atoms with Gasteiger partial charge in [0.2, 0.25) is 10.0 Å². The van der Waals surface area contributed by atoms with Crippen molar-refractivity contribution in [1.82, 2.24) is 14.5 Å². The van der Waals surface area contributed by atoms with E-state index in [1.807, 2.05) is 0 Å². The number of hydrogen-bond donors (Lipinski definition) is 2. The fourth-order valence-corrected chi connectivity index (χ4v) is 4.48. The van der Waals surface area contributed by atoms with Gasteiger partial charge in [0, 0.05) is 24.7 Å². The molecule has 8 heteroatoms. The highest BCUT2D eigenvalue weighted by molar-refractivity contribution is 7.89. The van der Waals surface area contributed by atoms with Gasteiger partial charge in [-0.15, -0.1) is 11.3 Å². The van der Waals surface area contributed by atoms with Crippen molar-refractivity contribution in [3.05, 3.63) is 33.8 Å². The molecule has 2 heterocycles. The Morgan fingerprint density at radius 2 is 2.26 bits per heavy atom. The zero-order valence-corrected chi connectivity index (χ0v) is 12.4. The number of nitrogens with two attached hydrogens (primary N) is 1. The smallest absolute Gasteiger partial charge is 0.242 e. The van der Waals surface area contributed by atoms with Gasteiger partial charge in [0.05, 0.1) is 12.2 Å². The number of aryl methyl sites for hydroxylation is 2. The monoisotopic (exact) mass is 300 g/mol. The normalized spacial score (nSPS) is 11.9. The maximum atomic E-state index is 12.3. The third-order valence-corrected chi connectivity index (χ3v) is 5.54. The maximum absolute atomic E-state index is 12.3. The first-order valence-corrected chi connectivity index (χ1v) is 8.05. The molecular weight excluding hydrogens is 284 g/mol. The molecule has 0 saturated heterocycles. The zero-order chi connectivity index (χ0) is 14.0. The highest BCUT2D eigenvalue weighted by atomic mass is 32.2. The summed E-state index contributed by atoms with van der Waals surface area (Å²) in [7, 11) is -1.76. The fraction of sp³-hybridized carbons (Fsp3) is 0.364. The third-order valence-electron chi connectivity index (χ3n) is 2.66. The van der Waals surface area contributed by atoms with Gasteiger partial charge < -0.3 is 5.73 Å². The molecule has 0 fully saturated rings. The minimum atomic E-state index is -3.55. The zero-order valence-electron chi connectivity index (χ0n) is 10.8. The second-order valence-corrected chi connectivity index (χ2v) is 6.85. The molecule has 0 aliphatic rings. The molecule has 0 amide bonds. The van der Waals surface area contributed by atoms with E-state index >= 15 is 0 Å². The molecule has 0 bridgehead atoms.